The summed E-state index contributed by atoms with van der Waals surface area (Å²) in [5, 5.41) is 8.43. The lowest BCUT2D eigenvalue weighted by atomic mass is 10.0. The molecule has 0 N–H and O–H groups in total. The first kappa shape index (κ1) is 11.9. The van der Waals surface area contributed by atoms with Gasteiger partial charge in [0.25, 0.3) is 0 Å². The van der Waals surface area contributed by atoms with Gasteiger partial charge < -0.3 is 4.90 Å². The van der Waals surface area contributed by atoms with E-state index in [1.165, 1.54) is 12.8 Å². The summed E-state index contributed by atoms with van der Waals surface area (Å²) >= 11 is 11.9. The standard InChI is InChI=1S/C11H15Cl2N3/c1-7(2)8-4-3-5-16(8)9-6-10(12)14-15-11(9)13/h6-8H,3-5H2,1-2H3. The second-order valence-electron chi connectivity index (χ2n) is 4.49. The average Bonchev–Trinajstić information content (AvgIpc) is 2.70. The molecule has 3 nitrogen and oxygen atoms in total. The maximum absolute atomic E-state index is 6.07. The topological polar surface area (TPSA) is 29.0 Å². The SMILES string of the molecule is CC(C)C1CCCN1c1cc(Cl)nnc1Cl. The number of aromatic nitrogens is 2. The van der Waals surface area contributed by atoms with Crippen LogP contribution in [0, 0.1) is 5.92 Å². The van der Waals surface area contributed by atoms with Gasteiger partial charge in [0, 0.05) is 18.7 Å². The zero-order valence-electron chi connectivity index (χ0n) is 9.45. The van der Waals surface area contributed by atoms with Crippen LogP contribution in [0.15, 0.2) is 6.07 Å². The molecule has 1 aromatic heterocycles. The quantitative estimate of drug-likeness (QED) is 0.815. The van der Waals surface area contributed by atoms with Gasteiger partial charge in [0.2, 0.25) is 0 Å². The molecule has 16 heavy (non-hydrogen) atoms. The molecule has 0 spiro atoms. The van der Waals surface area contributed by atoms with Crippen LogP contribution in [0.25, 0.3) is 0 Å². The molecule has 1 fully saturated rings. The van der Waals surface area contributed by atoms with Gasteiger partial charge >= 0.3 is 0 Å². The van der Waals surface area contributed by atoms with Crippen molar-refractivity contribution < 1.29 is 0 Å². The van der Waals surface area contributed by atoms with Gasteiger partial charge in [-0.15, -0.1) is 10.2 Å². The molecule has 0 amide bonds. The lowest BCUT2D eigenvalue weighted by molar-refractivity contribution is 0.491. The predicted octanol–water partition coefficient (Wildman–Crippen LogP) is 3.41. The van der Waals surface area contributed by atoms with E-state index in [1.54, 1.807) is 6.07 Å². The summed E-state index contributed by atoms with van der Waals surface area (Å²) in [6, 6.07) is 2.33. The third kappa shape index (κ3) is 2.25. The van der Waals surface area contributed by atoms with E-state index in [1.807, 2.05) is 0 Å². The summed E-state index contributed by atoms with van der Waals surface area (Å²) in [6.45, 7) is 5.48. The van der Waals surface area contributed by atoms with E-state index >= 15 is 0 Å². The van der Waals surface area contributed by atoms with Crippen LogP contribution in [0.2, 0.25) is 10.3 Å². The Kier molecular flexibility index (Phi) is 3.55. The van der Waals surface area contributed by atoms with Crippen molar-refractivity contribution in [1.82, 2.24) is 10.2 Å². The van der Waals surface area contributed by atoms with Crippen LogP contribution in [0.3, 0.4) is 0 Å². The highest BCUT2D eigenvalue weighted by Gasteiger charge is 2.29. The molecule has 5 heteroatoms. The van der Waals surface area contributed by atoms with E-state index in [2.05, 4.69) is 28.9 Å². The number of rotatable bonds is 2. The second-order valence-corrected chi connectivity index (χ2v) is 5.24. The van der Waals surface area contributed by atoms with E-state index in [0.717, 1.165) is 12.2 Å². The van der Waals surface area contributed by atoms with E-state index < -0.39 is 0 Å². The number of hydrogen-bond acceptors (Lipinski definition) is 3. The molecule has 1 unspecified atom stereocenters. The van der Waals surface area contributed by atoms with E-state index in [0.29, 0.717) is 22.3 Å². The van der Waals surface area contributed by atoms with Crippen molar-refractivity contribution in [1.29, 1.82) is 0 Å². The number of nitrogens with zero attached hydrogens (tertiary/aromatic N) is 3. The summed E-state index contributed by atoms with van der Waals surface area (Å²) in [5.41, 5.74) is 0.915. The van der Waals surface area contributed by atoms with Gasteiger partial charge in [-0.2, -0.15) is 0 Å². The Morgan fingerprint density at radius 1 is 1.38 bits per heavy atom. The molecule has 88 valence electrons. The Morgan fingerprint density at radius 3 is 2.81 bits per heavy atom. The smallest absolute Gasteiger partial charge is 0.175 e. The third-order valence-electron chi connectivity index (χ3n) is 3.08. The molecule has 1 aliphatic rings. The van der Waals surface area contributed by atoms with Crippen molar-refractivity contribution in [2.75, 3.05) is 11.4 Å². The molecule has 1 aliphatic heterocycles. The summed E-state index contributed by atoms with van der Waals surface area (Å²) in [4.78, 5) is 2.30. The van der Waals surface area contributed by atoms with Crippen LogP contribution < -0.4 is 4.90 Å². The zero-order valence-corrected chi connectivity index (χ0v) is 11.0. The molecule has 1 atom stereocenters. The summed E-state index contributed by atoms with van der Waals surface area (Å²) < 4.78 is 0. The Balaban J connectivity index is 2.32. The molecule has 0 aromatic carbocycles. The molecule has 0 saturated carbocycles. The Hall–Kier alpha value is -0.540. The molecular formula is C11H15Cl2N3. The molecule has 1 aromatic rings. The van der Waals surface area contributed by atoms with E-state index in [4.69, 9.17) is 23.2 Å². The Bertz CT molecular complexity index is 381. The second kappa shape index (κ2) is 4.76. The zero-order chi connectivity index (χ0) is 11.7. The summed E-state index contributed by atoms with van der Waals surface area (Å²) in [5.74, 6) is 0.602. The van der Waals surface area contributed by atoms with Gasteiger partial charge in [-0.25, -0.2) is 0 Å². The van der Waals surface area contributed by atoms with Gasteiger partial charge in [-0.3, -0.25) is 0 Å². The molecule has 1 saturated heterocycles. The molecule has 2 heterocycles. The minimum Gasteiger partial charge on any atom is -0.366 e. The fraction of sp³-hybridized carbons (Fsp3) is 0.636. The molecular weight excluding hydrogens is 245 g/mol. The Labute approximate surface area is 106 Å². The third-order valence-corrected chi connectivity index (χ3v) is 3.53. The lowest BCUT2D eigenvalue weighted by Gasteiger charge is -2.29. The van der Waals surface area contributed by atoms with Crippen molar-refractivity contribution in [3.8, 4) is 0 Å². The minimum absolute atomic E-state index is 0.397. The molecule has 0 radical (unpaired) electrons. The van der Waals surface area contributed by atoms with Gasteiger partial charge in [0.05, 0.1) is 5.69 Å². The minimum atomic E-state index is 0.397. The molecule has 2 rings (SSSR count). The van der Waals surface area contributed by atoms with Crippen LogP contribution in [-0.4, -0.2) is 22.8 Å². The summed E-state index contributed by atoms with van der Waals surface area (Å²) in [7, 11) is 0. The highest BCUT2D eigenvalue weighted by Crippen LogP contribution is 2.34. The van der Waals surface area contributed by atoms with Crippen molar-refractivity contribution >= 4 is 28.9 Å². The molecule has 0 bridgehead atoms. The normalized spacial score (nSPS) is 20.8. The van der Waals surface area contributed by atoms with Crippen molar-refractivity contribution in [3.63, 3.8) is 0 Å². The van der Waals surface area contributed by atoms with Crippen molar-refractivity contribution in [3.05, 3.63) is 16.4 Å². The van der Waals surface area contributed by atoms with E-state index in [9.17, 15) is 0 Å². The van der Waals surface area contributed by atoms with E-state index in [-0.39, 0.29) is 0 Å². The first-order chi connectivity index (χ1) is 7.59. The fourth-order valence-corrected chi connectivity index (χ4v) is 2.67. The first-order valence-corrected chi connectivity index (χ1v) is 6.30. The maximum atomic E-state index is 6.07. The monoisotopic (exact) mass is 259 g/mol. The van der Waals surface area contributed by atoms with Gasteiger partial charge in [-0.05, 0) is 18.8 Å². The predicted molar refractivity (Wildman–Crippen MR) is 67.3 cm³/mol. The largest absolute Gasteiger partial charge is 0.366 e. The van der Waals surface area contributed by atoms with Gasteiger partial charge in [-0.1, -0.05) is 37.0 Å². The maximum Gasteiger partial charge on any atom is 0.175 e. The lowest BCUT2D eigenvalue weighted by Crippen LogP contribution is -2.33. The average molecular weight is 260 g/mol. The van der Waals surface area contributed by atoms with Crippen LogP contribution in [0.5, 0.6) is 0 Å². The molecule has 0 aliphatic carbocycles. The van der Waals surface area contributed by atoms with Gasteiger partial charge in [0.15, 0.2) is 10.3 Å². The van der Waals surface area contributed by atoms with Crippen LogP contribution in [-0.2, 0) is 0 Å². The highest BCUT2D eigenvalue weighted by atomic mass is 35.5. The van der Waals surface area contributed by atoms with Crippen molar-refractivity contribution in [2.24, 2.45) is 5.92 Å². The van der Waals surface area contributed by atoms with Gasteiger partial charge in [0.1, 0.15) is 0 Å². The number of anilines is 1. The Morgan fingerprint density at radius 2 is 2.12 bits per heavy atom. The summed E-state index contributed by atoms with van der Waals surface area (Å²) in [6.07, 6.45) is 2.40. The number of halogens is 2. The first-order valence-electron chi connectivity index (χ1n) is 5.55. The number of hydrogen-bond donors (Lipinski definition) is 0. The fourth-order valence-electron chi connectivity index (χ4n) is 2.33. The highest BCUT2D eigenvalue weighted by molar-refractivity contribution is 6.33. The van der Waals surface area contributed by atoms with Crippen LogP contribution >= 0.6 is 23.2 Å². The van der Waals surface area contributed by atoms with Crippen LogP contribution in [0.1, 0.15) is 26.7 Å². The van der Waals surface area contributed by atoms with Crippen LogP contribution in [0.4, 0.5) is 5.69 Å². The van der Waals surface area contributed by atoms with Crippen molar-refractivity contribution in [2.45, 2.75) is 32.7 Å².